The predicted octanol–water partition coefficient (Wildman–Crippen LogP) is 5.47. The fourth-order valence-electron chi connectivity index (χ4n) is 3.29. The summed E-state index contributed by atoms with van der Waals surface area (Å²) in [5, 5.41) is 3.55. The number of thiazole rings is 1. The number of hydrogen-bond donors (Lipinski definition) is 1. The van der Waals surface area contributed by atoms with Crippen LogP contribution >= 0.6 is 11.3 Å². The van der Waals surface area contributed by atoms with E-state index < -0.39 is 0 Å². The van der Waals surface area contributed by atoms with E-state index in [-0.39, 0.29) is 5.97 Å². The molecule has 0 radical (unpaired) electrons. The Bertz CT molecular complexity index is 1140. The third kappa shape index (κ3) is 3.76. The van der Waals surface area contributed by atoms with Crippen molar-refractivity contribution in [1.82, 2.24) is 9.38 Å². The van der Waals surface area contributed by atoms with Crippen LogP contribution in [0.2, 0.25) is 0 Å². The molecule has 0 aliphatic carbocycles. The molecule has 0 bridgehead atoms. The molecule has 0 aliphatic rings. The van der Waals surface area contributed by atoms with Crippen molar-refractivity contribution in [3.63, 3.8) is 0 Å². The topological polar surface area (TPSA) is 55.6 Å². The second kappa shape index (κ2) is 8.09. The van der Waals surface area contributed by atoms with Crippen LogP contribution in [-0.2, 0) is 11.3 Å². The number of nitrogens with one attached hydrogen (secondary N) is 1. The van der Waals surface area contributed by atoms with Gasteiger partial charge in [-0.15, -0.1) is 0 Å². The Morgan fingerprint density at radius 1 is 1.10 bits per heavy atom. The maximum atomic E-state index is 12.3. The summed E-state index contributed by atoms with van der Waals surface area (Å²) in [6, 6.07) is 18.6. The van der Waals surface area contributed by atoms with Crippen LogP contribution in [0.25, 0.3) is 16.2 Å². The standard InChI is InChI=1S/C23H23N3O2S/c1-4-28-22(27)20-16(3)26-21(24-14-17-8-6-5-7-9-17)19(25-23(26)29-20)18-12-10-15(2)11-13-18/h5-13,24H,4,14H2,1-3H3. The molecule has 0 aliphatic heterocycles. The number of fused-ring (bicyclic) bond motifs is 1. The van der Waals surface area contributed by atoms with Crippen molar-refractivity contribution >= 4 is 28.1 Å². The number of nitrogens with zero attached hydrogens (tertiary/aromatic N) is 2. The molecule has 5 nitrogen and oxygen atoms in total. The van der Waals surface area contributed by atoms with Gasteiger partial charge in [0.2, 0.25) is 0 Å². The molecule has 0 fully saturated rings. The normalized spacial score (nSPS) is 11.0. The summed E-state index contributed by atoms with van der Waals surface area (Å²) < 4.78 is 7.24. The zero-order valence-corrected chi connectivity index (χ0v) is 17.5. The lowest BCUT2D eigenvalue weighted by Gasteiger charge is -2.10. The first-order valence-corrected chi connectivity index (χ1v) is 10.4. The molecule has 0 spiro atoms. The van der Waals surface area contributed by atoms with Gasteiger partial charge in [-0.3, -0.25) is 4.40 Å². The van der Waals surface area contributed by atoms with E-state index >= 15 is 0 Å². The Morgan fingerprint density at radius 2 is 1.83 bits per heavy atom. The highest BCUT2D eigenvalue weighted by atomic mass is 32.1. The Kier molecular flexibility index (Phi) is 5.36. The van der Waals surface area contributed by atoms with Crippen molar-refractivity contribution in [3.8, 4) is 11.3 Å². The molecule has 2 aromatic carbocycles. The number of benzene rings is 2. The maximum absolute atomic E-state index is 12.3. The minimum Gasteiger partial charge on any atom is -0.462 e. The molecule has 0 saturated heterocycles. The van der Waals surface area contributed by atoms with Gasteiger partial charge >= 0.3 is 5.97 Å². The average molecular weight is 406 g/mol. The first kappa shape index (κ1) is 19.2. The fraction of sp³-hybridized carbons (Fsp3) is 0.217. The van der Waals surface area contributed by atoms with Crippen LogP contribution in [-0.4, -0.2) is 22.0 Å². The number of aryl methyl sites for hydroxylation is 2. The van der Waals surface area contributed by atoms with Gasteiger partial charge in [-0.05, 0) is 26.3 Å². The number of aromatic nitrogens is 2. The number of esters is 1. The van der Waals surface area contributed by atoms with Crippen LogP contribution < -0.4 is 5.32 Å². The summed E-state index contributed by atoms with van der Waals surface area (Å²) in [6.45, 7) is 6.84. The van der Waals surface area contributed by atoms with E-state index in [2.05, 4.69) is 48.6 Å². The van der Waals surface area contributed by atoms with Gasteiger partial charge in [-0.25, -0.2) is 9.78 Å². The van der Waals surface area contributed by atoms with Crippen molar-refractivity contribution in [1.29, 1.82) is 0 Å². The van der Waals surface area contributed by atoms with E-state index in [1.54, 1.807) is 0 Å². The third-order valence-corrected chi connectivity index (χ3v) is 5.92. The summed E-state index contributed by atoms with van der Waals surface area (Å²) in [5.74, 6) is 0.586. The largest absolute Gasteiger partial charge is 0.462 e. The van der Waals surface area contributed by atoms with E-state index in [4.69, 9.17) is 9.72 Å². The molecule has 0 unspecified atom stereocenters. The van der Waals surface area contributed by atoms with Gasteiger partial charge in [0.15, 0.2) is 4.96 Å². The van der Waals surface area contributed by atoms with E-state index in [1.807, 2.05) is 36.4 Å². The number of rotatable bonds is 6. The molecule has 6 heteroatoms. The quantitative estimate of drug-likeness (QED) is 0.432. The molecule has 148 valence electrons. The number of carbonyl (C=O) groups excluding carboxylic acids is 1. The predicted molar refractivity (Wildman–Crippen MR) is 118 cm³/mol. The van der Waals surface area contributed by atoms with E-state index in [1.165, 1.54) is 22.5 Å². The Morgan fingerprint density at radius 3 is 2.52 bits per heavy atom. The number of imidazole rings is 1. The molecule has 4 rings (SSSR count). The van der Waals surface area contributed by atoms with Gasteiger partial charge in [0, 0.05) is 17.8 Å². The highest BCUT2D eigenvalue weighted by Crippen LogP contribution is 2.35. The molecule has 29 heavy (non-hydrogen) atoms. The highest BCUT2D eigenvalue weighted by Gasteiger charge is 2.23. The van der Waals surface area contributed by atoms with E-state index in [0.717, 1.165) is 27.7 Å². The van der Waals surface area contributed by atoms with Crippen LogP contribution in [0.15, 0.2) is 54.6 Å². The second-order valence-electron chi connectivity index (χ2n) is 6.87. The lowest BCUT2D eigenvalue weighted by atomic mass is 10.1. The van der Waals surface area contributed by atoms with Gasteiger partial charge in [0.25, 0.3) is 0 Å². The third-order valence-electron chi connectivity index (χ3n) is 4.79. The van der Waals surface area contributed by atoms with Crippen LogP contribution in [0, 0.1) is 13.8 Å². The summed E-state index contributed by atoms with van der Waals surface area (Å²) in [5.41, 5.74) is 5.14. The Labute approximate surface area is 174 Å². The highest BCUT2D eigenvalue weighted by molar-refractivity contribution is 7.19. The minimum absolute atomic E-state index is 0.300. The zero-order chi connectivity index (χ0) is 20.4. The molecule has 0 atom stereocenters. The first-order valence-electron chi connectivity index (χ1n) is 9.62. The Hall–Kier alpha value is -3.12. The van der Waals surface area contributed by atoms with Gasteiger partial charge in [-0.1, -0.05) is 71.5 Å². The first-order chi connectivity index (χ1) is 14.1. The fourth-order valence-corrected chi connectivity index (χ4v) is 4.31. The maximum Gasteiger partial charge on any atom is 0.350 e. The number of ether oxygens (including phenoxy) is 1. The summed E-state index contributed by atoms with van der Waals surface area (Å²) in [4.78, 5) is 18.6. The Balaban J connectivity index is 1.81. The summed E-state index contributed by atoms with van der Waals surface area (Å²) >= 11 is 1.36. The number of anilines is 1. The molecule has 2 aromatic heterocycles. The van der Waals surface area contributed by atoms with Gasteiger partial charge in [0.05, 0.1) is 6.61 Å². The molecular formula is C23H23N3O2S. The monoisotopic (exact) mass is 405 g/mol. The zero-order valence-electron chi connectivity index (χ0n) is 16.7. The van der Waals surface area contributed by atoms with Crippen molar-refractivity contribution in [2.24, 2.45) is 0 Å². The lowest BCUT2D eigenvalue weighted by molar-refractivity contribution is 0.0531. The lowest BCUT2D eigenvalue weighted by Crippen LogP contribution is -2.07. The molecule has 2 heterocycles. The van der Waals surface area contributed by atoms with Crippen molar-refractivity contribution in [3.05, 3.63) is 76.3 Å². The van der Waals surface area contributed by atoms with E-state index in [9.17, 15) is 4.79 Å². The minimum atomic E-state index is -0.300. The molecule has 1 N–H and O–H groups in total. The molecule has 0 amide bonds. The van der Waals surface area contributed by atoms with Crippen molar-refractivity contribution in [2.75, 3.05) is 11.9 Å². The van der Waals surface area contributed by atoms with E-state index in [0.29, 0.717) is 18.0 Å². The average Bonchev–Trinajstić information content (AvgIpc) is 3.25. The summed E-state index contributed by atoms with van der Waals surface area (Å²) in [6.07, 6.45) is 0. The smallest absolute Gasteiger partial charge is 0.350 e. The molecule has 4 aromatic rings. The van der Waals surface area contributed by atoms with Crippen molar-refractivity contribution < 1.29 is 9.53 Å². The second-order valence-corrected chi connectivity index (χ2v) is 7.85. The number of hydrogen-bond acceptors (Lipinski definition) is 5. The van der Waals surface area contributed by atoms with Crippen molar-refractivity contribution in [2.45, 2.75) is 27.3 Å². The molecule has 0 saturated carbocycles. The van der Waals surface area contributed by atoms with Crippen LogP contribution in [0.3, 0.4) is 0 Å². The SMILES string of the molecule is CCOC(=O)c1sc2nc(-c3ccc(C)cc3)c(NCc3ccccc3)n2c1C. The van der Waals surface area contributed by atoms with Gasteiger partial charge in [0.1, 0.15) is 16.4 Å². The van der Waals surface area contributed by atoms with Crippen LogP contribution in [0.5, 0.6) is 0 Å². The van der Waals surface area contributed by atoms with Gasteiger partial charge in [-0.2, -0.15) is 0 Å². The van der Waals surface area contributed by atoms with Gasteiger partial charge < -0.3 is 10.1 Å². The van der Waals surface area contributed by atoms with Crippen LogP contribution in [0.1, 0.15) is 33.4 Å². The molecular weight excluding hydrogens is 382 g/mol. The number of carbonyl (C=O) groups is 1. The van der Waals surface area contributed by atoms with Crippen LogP contribution in [0.4, 0.5) is 5.82 Å². The summed E-state index contributed by atoms with van der Waals surface area (Å²) in [7, 11) is 0.